The van der Waals surface area contributed by atoms with E-state index in [1.54, 1.807) is 4.68 Å². The normalized spacial score (nSPS) is 15.9. The maximum Gasteiger partial charge on any atom is 0.228 e. The molecule has 1 saturated heterocycles. The van der Waals surface area contributed by atoms with E-state index < -0.39 is 0 Å². The Morgan fingerprint density at radius 2 is 1.92 bits per heavy atom. The molecule has 1 aliphatic heterocycles. The van der Waals surface area contributed by atoms with Gasteiger partial charge in [-0.1, -0.05) is 30.7 Å². The molecule has 0 saturated carbocycles. The van der Waals surface area contributed by atoms with Gasteiger partial charge in [0.2, 0.25) is 5.95 Å². The quantitative estimate of drug-likeness (QED) is 0.778. The number of nitrogen functional groups attached to an aromatic ring is 1. The minimum atomic E-state index is 0.602. The molecule has 0 radical (unpaired) electrons. The zero-order valence-corrected chi connectivity index (χ0v) is 15.0. The Hall–Kier alpha value is -2.63. The summed E-state index contributed by atoms with van der Waals surface area (Å²) in [5.74, 6) is 2.13. The topological polar surface area (TPSA) is 72.9 Å². The number of nitrogens with zero attached hydrogens (tertiary/aromatic N) is 5. The average molecular weight is 336 g/mol. The van der Waals surface area contributed by atoms with Crippen molar-refractivity contribution in [2.24, 2.45) is 13.0 Å². The van der Waals surface area contributed by atoms with Crippen molar-refractivity contribution < 1.29 is 0 Å². The van der Waals surface area contributed by atoms with Crippen molar-refractivity contribution in [3.05, 3.63) is 29.8 Å². The number of aromatic nitrogens is 4. The smallest absolute Gasteiger partial charge is 0.228 e. The molecule has 25 heavy (non-hydrogen) atoms. The molecule has 3 heterocycles. The monoisotopic (exact) mass is 336 g/mol. The van der Waals surface area contributed by atoms with Crippen molar-refractivity contribution >= 4 is 22.8 Å². The van der Waals surface area contributed by atoms with E-state index in [-0.39, 0.29) is 0 Å². The molecule has 0 bridgehead atoms. The molecule has 1 aliphatic rings. The van der Waals surface area contributed by atoms with Crippen LogP contribution >= 0.6 is 0 Å². The summed E-state index contributed by atoms with van der Waals surface area (Å²) in [7, 11) is 1.85. The number of piperidine rings is 1. The number of fused-ring (bicyclic) bond motifs is 1. The van der Waals surface area contributed by atoms with Gasteiger partial charge in [-0.05, 0) is 31.7 Å². The molecule has 2 N–H and O–H groups in total. The summed E-state index contributed by atoms with van der Waals surface area (Å²) in [6.45, 7) is 6.37. The van der Waals surface area contributed by atoms with Gasteiger partial charge in [-0.15, -0.1) is 0 Å². The lowest BCUT2D eigenvalue weighted by Gasteiger charge is -2.30. The number of anilines is 2. The largest absolute Gasteiger partial charge is 0.383 e. The first kappa shape index (κ1) is 15.9. The fourth-order valence-electron chi connectivity index (χ4n) is 3.45. The van der Waals surface area contributed by atoms with Gasteiger partial charge in [0, 0.05) is 25.7 Å². The van der Waals surface area contributed by atoms with Crippen LogP contribution in [0.25, 0.3) is 22.3 Å². The molecule has 0 atom stereocenters. The average Bonchev–Trinajstić information content (AvgIpc) is 2.89. The van der Waals surface area contributed by atoms with Crippen LogP contribution in [0, 0.1) is 12.8 Å². The highest BCUT2D eigenvalue weighted by atomic mass is 15.3. The standard InChI is InChI=1S/C19H24N6/c1-12-7-9-25(10-8-12)19-21-16(14-6-4-5-13(2)11-14)15-17(20)24(3)23-18(15)22-19/h4-6,11-12H,7-10,20H2,1-3H3. The Morgan fingerprint density at radius 1 is 1.16 bits per heavy atom. The summed E-state index contributed by atoms with van der Waals surface area (Å²) in [5, 5.41) is 5.34. The van der Waals surface area contributed by atoms with Crippen LogP contribution in [0.3, 0.4) is 0 Å². The van der Waals surface area contributed by atoms with E-state index in [0.717, 1.165) is 41.6 Å². The van der Waals surface area contributed by atoms with Crippen LogP contribution in [0.4, 0.5) is 11.8 Å². The van der Waals surface area contributed by atoms with Gasteiger partial charge in [-0.2, -0.15) is 10.1 Å². The number of hydrogen-bond acceptors (Lipinski definition) is 5. The predicted octanol–water partition coefficient (Wildman–Crippen LogP) is 3.16. The fourth-order valence-corrected chi connectivity index (χ4v) is 3.45. The molecule has 130 valence electrons. The molecule has 6 heteroatoms. The van der Waals surface area contributed by atoms with Crippen LogP contribution in [0.5, 0.6) is 0 Å². The van der Waals surface area contributed by atoms with Gasteiger partial charge < -0.3 is 10.6 Å². The summed E-state index contributed by atoms with van der Waals surface area (Å²) in [6.07, 6.45) is 2.34. The molecule has 0 amide bonds. The van der Waals surface area contributed by atoms with E-state index in [2.05, 4.69) is 42.0 Å². The summed E-state index contributed by atoms with van der Waals surface area (Å²) in [6, 6.07) is 8.34. The Kier molecular flexibility index (Phi) is 3.82. The highest BCUT2D eigenvalue weighted by Crippen LogP contribution is 2.33. The maximum absolute atomic E-state index is 6.27. The molecule has 0 aliphatic carbocycles. The first-order valence-electron chi connectivity index (χ1n) is 8.85. The van der Waals surface area contributed by atoms with Crippen LogP contribution in [0.2, 0.25) is 0 Å². The highest BCUT2D eigenvalue weighted by molar-refractivity contribution is 5.99. The number of rotatable bonds is 2. The lowest BCUT2D eigenvalue weighted by atomic mass is 9.99. The van der Waals surface area contributed by atoms with Crippen LogP contribution in [0.15, 0.2) is 24.3 Å². The third kappa shape index (κ3) is 2.81. The number of aryl methyl sites for hydroxylation is 2. The second-order valence-corrected chi connectivity index (χ2v) is 7.12. The van der Waals surface area contributed by atoms with Crippen molar-refractivity contribution in [2.45, 2.75) is 26.7 Å². The molecule has 3 aromatic rings. The van der Waals surface area contributed by atoms with Gasteiger partial charge in [0.25, 0.3) is 0 Å². The van der Waals surface area contributed by atoms with Gasteiger partial charge in [0.1, 0.15) is 5.82 Å². The SMILES string of the molecule is Cc1cccc(-c2nc(N3CCC(C)CC3)nc3nn(C)c(N)c23)c1. The summed E-state index contributed by atoms with van der Waals surface area (Å²) >= 11 is 0. The Morgan fingerprint density at radius 3 is 2.64 bits per heavy atom. The fraction of sp³-hybridized carbons (Fsp3) is 0.421. The minimum absolute atomic E-state index is 0.602. The van der Waals surface area contributed by atoms with Crippen LogP contribution in [0.1, 0.15) is 25.3 Å². The van der Waals surface area contributed by atoms with Crippen molar-refractivity contribution in [2.75, 3.05) is 23.7 Å². The highest BCUT2D eigenvalue weighted by Gasteiger charge is 2.22. The molecule has 0 unspecified atom stereocenters. The van der Waals surface area contributed by atoms with Gasteiger partial charge in [0.05, 0.1) is 11.1 Å². The van der Waals surface area contributed by atoms with E-state index >= 15 is 0 Å². The van der Waals surface area contributed by atoms with E-state index in [9.17, 15) is 0 Å². The van der Waals surface area contributed by atoms with Gasteiger partial charge in [-0.3, -0.25) is 4.68 Å². The Bertz CT molecular complexity index is 921. The van der Waals surface area contributed by atoms with Crippen molar-refractivity contribution in [1.29, 1.82) is 0 Å². The zero-order valence-electron chi connectivity index (χ0n) is 15.0. The van der Waals surface area contributed by atoms with Crippen LogP contribution < -0.4 is 10.6 Å². The summed E-state index contributed by atoms with van der Waals surface area (Å²) in [4.78, 5) is 11.9. The molecule has 0 spiro atoms. The van der Waals surface area contributed by atoms with E-state index in [4.69, 9.17) is 15.7 Å². The minimum Gasteiger partial charge on any atom is -0.383 e. The molecular formula is C19H24N6. The molecular weight excluding hydrogens is 312 g/mol. The van der Waals surface area contributed by atoms with E-state index in [1.165, 1.54) is 18.4 Å². The molecule has 2 aromatic heterocycles. The predicted molar refractivity (Wildman–Crippen MR) is 102 cm³/mol. The van der Waals surface area contributed by atoms with E-state index in [1.807, 2.05) is 13.1 Å². The molecule has 4 rings (SSSR count). The van der Waals surface area contributed by atoms with Crippen molar-refractivity contribution in [3.63, 3.8) is 0 Å². The summed E-state index contributed by atoms with van der Waals surface area (Å²) < 4.78 is 1.68. The van der Waals surface area contributed by atoms with Crippen LogP contribution in [-0.4, -0.2) is 32.8 Å². The van der Waals surface area contributed by atoms with Crippen molar-refractivity contribution in [1.82, 2.24) is 19.7 Å². The summed E-state index contributed by atoms with van der Waals surface area (Å²) in [5.41, 5.74) is 10.1. The lowest BCUT2D eigenvalue weighted by Crippen LogP contribution is -2.34. The first-order chi connectivity index (χ1) is 12.0. The number of benzene rings is 1. The third-order valence-electron chi connectivity index (χ3n) is 5.09. The van der Waals surface area contributed by atoms with E-state index in [0.29, 0.717) is 11.5 Å². The molecule has 1 fully saturated rings. The van der Waals surface area contributed by atoms with Gasteiger partial charge in [0.15, 0.2) is 5.65 Å². The zero-order chi connectivity index (χ0) is 17.6. The molecule has 6 nitrogen and oxygen atoms in total. The maximum atomic E-state index is 6.27. The van der Waals surface area contributed by atoms with Gasteiger partial charge >= 0.3 is 0 Å². The third-order valence-corrected chi connectivity index (χ3v) is 5.09. The second kappa shape index (κ2) is 6.02. The van der Waals surface area contributed by atoms with Crippen LogP contribution in [-0.2, 0) is 7.05 Å². The number of nitrogens with two attached hydrogens (primary N) is 1. The lowest BCUT2D eigenvalue weighted by molar-refractivity contribution is 0.435. The second-order valence-electron chi connectivity index (χ2n) is 7.12. The van der Waals surface area contributed by atoms with Crippen molar-refractivity contribution in [3.8, 4) is 11.3 Å². The Labute approximate surface area is 147 Å². The Balaban J connectivity index is 1.89. The molecule has 1 aromatic carbocycles. The van der Waals surface area contributed by atoms with Gasteiger partial charge in [-0.25, -0.2) is 4.98 Å². The first-order valence-corrected chi connectivity index (χ1v) is 8.85. The number of hydrogen-bond donors (Lipinski definition) is 1.